The molecule has 9 nitrogen and oxygen atoms in total. The van der Waals surface area contributed by atoms with Crippen LogP contribution < -0.4 is 16.4 Å². The molecule has 4 rings (SSSR count). The number of carbonyl (C=O) groups is 3. The molecule has 2 aromatic rings. The van der Waals surface area contributed by atoms with Gasteiger partial charge in [-0.25, -0.2) is 9.79 Å². The van der Waals surface area contributed by atoms with Gasteiger partial charge in [0.2, 0.25) is 5.91 Å². The molecule has 1 unspecified atom stereocenters. The Bertz CT molecular complexity index is 1190. The zero-order valence-electron chi connectivity index (χ0n) is 22.8. The van der Waals surface area contributed by atoms with E-state index in [0.29, 0.717) is 56.8 Å². The van der Waals surface area contributed by atoms with E-state index in [2.05, 4.69) is 15.6 Å². The number of amides is 3. The molecule has 2 aliphatic rings. The SMILES string of the molecule is CCCN(CCCNC(=O)OC1CCC1)C(=O)C1(C)CC(N)=Nc2cc(CNC(=O)c3ccccc3)sc2C1. The van der Waals surface area contributed by atoms with Gasteiger partial charge in [-0.2, -0.15) is 0 Å². The van der Waals surface area contributed by atoms with E-state index < -0.39 is 5.41 Å². The Morgan fingerprint density at radius 3 is 2.62 bits per heavy atom. The van der Waals surface area contributed by atoms with Gasteiger partial charge in [0.1, 0.15) is 11.9 Å². The summed E-state index contributed by atoms with van der Waals surface area (Å²) in [6.45, 7) is 6.01. The summed E-state index contributed by atoms with van der Waals surface area (Å²) in [5, 5.41) is 5.76. The van der Waals surface area contributed by atoms with Crippen molar-refractivity contribution in [1.29, 1.82) is 0 Å². The number of alkyl carbamates (subject to hydrolysis) is 1. The number of nitrogens with one attached hydrogen (secondary N) is 2. The fourth-order valence-corrected chi connectivity index (χ4v) is 6.14. The lowest BCUT2D eigenvalue weighted by Crippen LogP contribution is -2.46. The summed E-state index contributed by atoms with van der Waals surface area (Å²) in [6, 6.07) is 11.0. The van der Waals surface area contributed by atoms with Crippen molar-refractivity contribution in [3.63, 3.8) is 0 Å². The maximum absolute atomic E-state index is 13.9. The third-order valence-electron chi connectivity index (χ3n) is 7.18. The summed E-state index contributed by atoms with van der Waals surface area (Å²) >= 11 is 1.56. The molecule has 210 valence electrons. The van der Waals surface area contributed by atoms with E-state index in [1.807, 2.05) is 43.0 Å². The number of rotatable bonds is 11. The molecule has 1 fully saturated rings. The van der Waals surface area contributed by atoms with Gasteiger partial charge in [-0.05, 0) is 63.6 Å². The Balaban J connectivity index is 1.36. The number of nitrogens with two attached hydrogens (primary N) is 1. The number of aliphatic imine (C=N–C) groups is 1. The van der Waals surface area contributed by atoms with E-state index in [1.165, 1.54) is 0 Å². The maximum atomic E-state index is 13.9. The van der Waals surface area contributed by atoms with Crippen molar-refractivity contribution < 1.29 is 19.1 Å². The first-order valence-electron chi connectivity index (χ1n) is 13.8. The number of hydrogen-bond donors (Lipinski definition) is 3. The van der Waals surface area contributed by atoms with Crippen LogP contribution in [-0.2, 0) is 22.5 Å². The van der Waals surface area contributed by atoms with E-state index in [4.69, 9.17) is 10.5 Å². The Hall–Kier alpha value is -3.40. The topological polar surface area (TPSA) is 126 Å². The lowest BCUT2D eigenvalue weighted by molar-refractivity contribution is -0.141. The summed E-state index contributed by atoms with van der Waals surface area (Å²) in [5.74, 6) is 0.335. The number of hydrogen-bond acceptors (Lipinski definition) is 7. The summed E-state index contributed by atoms with van der Waals surface area (Å²) in [4.78, 5) is 46.7. The Kier molecular flexibility index (Phi) is 9.61. The van der Waals surface area contributed by atoms with Crippen LogP contribution in [0.4, 0.5) is 10.5 Å². The van der Waals surface area contributed by atoms with Crippen molar-refractivity contribution in [2.45, 2.75) is 71.4 Å². The number of amidine groups is 1. The fraction of sp³-hybridized carbons (Fsp3) is 0.517. The molecule has 0 spiro atoms. The van der Waals surface area contributed by atoms with Crippen molar-refractivity contribution in [3.05, 3.63) is 51.7 Å². The van der Waals surface area contributed by atoms with Crippen LogP contribution in [0.15, 0.2) is 41.4 Å². The smallest absolute Gasteiger partial charge is 0.407 e. The average Bonchev–Trinajstić information content (AvgIpc) is 3.20. The van der Waals surface area contributed by atoms with Gasteiger partial charge >= 0.3 is 6.09 Å². The van der Waals surface area contributed by atoms with Crippen LogP contribution in [0.3, 0.4) is 0 Å². The molecule has 1 aromatic carbocycles. The van der Waals surface area contributed by atoms with Crippen molar-refractivity contribution in [1.82, 2.24) is 15.5 Å². The van der Waals surface area contributed by atoms with Gasteiger partial charge in [0, 0.05) is 41.4 Å². The second kappa shape index (κ2) is 13.1. The van der Waals surface area contributed by atoms with Crippen LogP contribution >= 0.6 is 11.3 Å². The summed E-state index contributed by atoms with van der Waals surface area (Å²) in [6.07, 6.45) is 5.02. The first-order valence-corrected chi connectivity index (χ1v) is 14.6. The van der Waals surface area contributed by atoms with Gasteiger partial charge in [-0.3, -0.25) is 9.59 Å². The molecule has 2 heterocycles. The average molecular weight is 554 g/mol. The van der Waals surface area contributed by atoms with Gasteiger partial charge in [0.05, 0.1) is 17.6 Å². The van der Waals surface area contributed by atoms with Crippen LogP contribution in [0.1, 0.15) is 72.5 Å². The molecule has 1 aromatic heterocycles. The number of nitrogens with zero attached hydrogens (tertiary/aromatic N) is 2. The molecular formula is C29H39N5O4S. The second-order valence-corrected chi connectivity index (χ2v) is 11.8. The molecule has 0 bridgehead atoms. The monoisotopic (exact) mass is 553 g/mol. The Labute approximate surface area is 234 Å². The highest BCUT2D eigenvalue weighted by molar-refractivity contribution is 7.12. The highest BCUT2D eigenvalue weighted by Gasteiger charge is 2.40. The maximum Gasteiger partial charge on any atom is 0.407 e. The van der Waals surface area contributed by atoms with Crippen LogP contribution in [-0.4, -0.2) is 54.4 Å². The molecule has 3 amide bonds. The molecule has 1 aliphatic carbocycles. The molecule has 1 aliphatic heterocycles. The van der Waals surface area contributed by atoms with E-state index in [1.54, 1.807) is 23.5 Å². The number of carbonyl (C=O) groups excluding carboxylic acids is 3. The lowest BCUT2D eigenvalue weighted by Gasteiger charge is -2.34. The predicted molar refractivity (Wildman–Crippen MR) is 153 cm³/mol. The van der Waals surface area contributed by atoms with E-state index in [9.17, 15) is 14.4 Å². The highest BCUT2D eigenvalue weighted by Crippen LogP contribution is 2.41. The molecule has 0 radical (unpaired) electrons. The first-order chi connectivity index (χ1) is 18.8. The lowest BCUT2D eigenvalue weighted by atomic mass is 9.81. The summed E-state index contributed by atoms with van der Waals surface area (Å²) in [5.41, 5.74) is 6.95. The van der Waals surface area contributed by atoms with E-state index in [0.717, 1.165) is 41.1 Å². The molecule has 0 saturated heterocycles. The standard InChI is InChI=1S/C29H39N5O4S/c1-3-14-34(15-8-13-31-28(37)38-21-11-7-12-21)27(36)29(2)17-24-23(33-25(30)18-29)16-22(39-24)19-32-26(35)20-9-5-4-6-10-20/h4-6,9-10,16,21H,3,7-8,11-15,17-19H2,1-2H3,(H2,30,33)(H,31,37)(H,32,35). The van der Waals surface area contributed by atoms with Crippen LogP contribution in [0.25, 0.3) is 0 Å². The number of ether oxygens (including phenoxy) is 1. The zero-order valence-corrected chi connectivity index (χ0v) is 23.6. The van der Waals surface area contributed by atoms with Gasteiger partial charge in [-0.15, -0.1) is 11.3 Å². The quantitative estimate of drug-likeness (QED) is 0.353. The van der Waals surface area contributed by atoms with E-state index in [-0.39, 0.29) is 24.0 Å². The Morgan fingerprint density at radius 1 is 1.15 bits per heavy atom. The summed E-state index contributed by atoms with van der Waals surface area (Å²) < 4.78 is 5.33. The van der Waals surface area contributed by atoms with Crippen molar-refractivity contribution in [3.8, 4) is 0 Å². The third-order valence-corrected chi connectivity index (χ3v) is 8.30. The minimum atomic E-state index is -0.736. The van der Waals surface area contributed by atoms with Gasteiger partial charge in [0.15, 0.2) is 0 Å². The van der Waals surface area contributed by atoms with Crippen LogP contribution in [0.2, 0.25) is 0 Å². The minimum absolute atomic E-state index is 0.0414. The van der Waals surface area contributed by atoms with Crippen molar-refractivity contribution in [2.24, 2.45) is 16.1 Å². The fourth-order valence-electron chi connectivity index (χ4n) is 4.91. The minimum Gasteiger partial charge on any atom is -0.446 e. The number of benzene rings is 1. The molecular weight excluding hydrogens is 514 g/mol. The van der Waals surface area contributed by atoms with Crippen LogP contribution in [0.5, 0.6) is 0 Å². The molecule has 1 atom stereocenters. The van der Waals surface area contributed by atoms with Gasteiger partial charge < -0.3 is 26.0 Å². The molecule has 4 N–H and O–H groups in total. The Morgan fingerprint density at radius 2 is 1.92 bits per heavy atom. The number of thiophene rings is 1. The third kappa shape index (κ3) is 7.59. The number of fused-ring (bicyclic) bond motifs is 1. The van der Waals surface area contributed by atoms with Gasteiger partial charge in [-0.1, -0.05) is 25.1 Å². The van der Waals surface area contributed by atoms with E-state index >= 15 is 0 Å². The van der Waals surface area contributed by atoms with Gasteiger partial charge in [0.25, 0.3) is 5.91 Å². The second-order valence-electron chi connectivity index (χ2n) is 10.6. The molecule has 39 heavy (non-hydrogen) atoms. The zero-order chi connectivity index (χ0) is 27.8. The normalized spacial score (nSPS) is 18.7. The van der Waals surface area contributed by atoms with Crippen LogP contribution in [0, 0.1) is 5.41 Å². The molecule has 10 heteroatoms. The highest BCUT2D eigenvalue weighted by atomic mass is 32.1. The van der Waals surface area contributed by atoms with Crippen molar-refractivity contribution in [2.75, 3.05) is 19.6 Å². The largest absolute Gasteiger partial charge is 0.446 e. The van der Waals surface area contributed by atoms with Crippen molar-refractivity contribution >= 4 is 40.8 Å². The predicted octanol–water partition coefficient (Wildman–Crippen LogP) is 4.53. The summed E-state index contributed by atoms with van der Waals surface area (Å²) in [7, 11) is 0. The first kappa shape index (κ1) is 28.6. The molecule has 1 saturated carbocycles.